The van der Waals surface area contributed by atoms with E-state index in [1.165, 1.54) is 27.6 Å². The second-order valence-corrected chi connectivity index (χ2v) is 20.3. The highest BCUT2D eigenvalue weighted by molar-refractivity contribution is 7.14. The van der Waals surface area contributed by atoms with Crippen molar-refractivity contribution in [1.82, 2.24) is 0 Å². The minimum absolute atomic E-state index is 0.0248. The molecule has 2 aliphatic rings. The molecule has 0 spiro atoms. The fourth-order valence-corrected chi connectivity index (χ4v) is 10.2. The van der Waals surface area contributed by atoms with Crippen molar-refractivity contribution in [2.24, 2.45) is 0 Å². The number of thiophene rings is 2. The van der Waals surface area contributed by atoms with E-state index in [4.69, 9.17) is 14.2 Å². The number of aliphatic hydroxyl groups excluding tert-OH is 2. The van der Waals surface area contributed by atoms with Crippen molar-refractivity contribution in [3.05, 3.63) is 103 Å². The number of rotatable bonds is 24. The predicted molar refractivity (Wildman–Crippen MR) is 264 cm³/mol. The van der Waals surface area contributed by atoms with Gasteiger partial charge in [-0.2, -0.15) is 0 Å². The van der Waals surface area contributed by atoms with Gasteiger partial charge >= 0.3 is 11.9 Å². The molecule has 13 heteroatoms. The van der Waals surface area contributed by atoms with E-state index in [1.807, 2.05) is 104 Å². The molecule has 2 aromatic heterocycles. The molecule has 0 saturated carbocycles. The SMILES string of the molecule is CCCCC[C@H](O)c1ccc(N2C(=O)CC[C@@H]2CCCc2ccc(C(=O)OC(C)C)s2)cc1.CCCCC[C@H](O)c1ccc(N2C(=O)CC[C@@H]2COCc2ccc(C(=O)OC(C)C)s2)cc1. The van der Waals surface area contributed by atoms with Gasteiger partial charge in [-0.15, -0.1) is 22.7 Å². The maximum Gasteiger partial charge on any atom is 0.348 e. The first-order valence-electron chi connectivity index (χ1n) is 24.1. The summed E-state index contributed by atoms with van der Waals surface area (Å²) in [4.78, 5) is 56.3. The van der Waals surface area contributed by atoms with Crippen molar-refractivity contribution in [2.45, 2.75) is 181 Å². The van der Waals surface area contributed by atoms with Crippen LogP contribution in [-0.4, -0.2) is 64.9 Å². The van der Waals surface area contributed by atoms with Gasteiger partial charge in [0, 0.05) is 40.0 Å². The molecule has 4 aromatic rings. The number of anilines is 2. The lowest BCUT2D eigenvalue weighted by Gasteiger charge is -2.25. The molecule has 11 nitrogen and oxygen atoms in total. The van der Waals surface area contributed by atoms with E-state index >= 15 is 0 Å². The average Bonchev–Trinajstić information content (AvgIpc) is 4.12. The monoisotopic (exact) mass is 944 g/mol. The maximum absolute atomic E-state index is 12.6. The van der Waals surface area contributed by atoms with Gasteiger partial charge in [0.15, 0.2) is 0 Å². The van der Waals surface area contributed by atoms with Gasteiger partial charge in [-0.05, 0) is 132 Å². The zero-order valence-electron chi connectivity index (χ0n) is 39.9. The number of carbonyl (C=O) groups is 4. The van der Waals surface area contributed by atoms with Crippen LogP contribution in [0.25, 0.3) is 0 Å². The van der Waals surface area contributed by atoms with E-state index in [2.05, 4.69) is 13.8 Å². The Balaban J connectivity index is 0.000000247. The average molecular weight is 945 g/mol. The number of ether oxygens (including phenoxy) is 3. The first-order chi connectivity index (χ1) is 31.8. The summed E-state index contributed by atoms with van der Waals surface area (Å²) < 4.78 is 16.4. The largest absolute Gasteiger partial charge is 0.459 e. The van der Waals surface area contributed by atoms with Crippen molar-refractivity contribution in [3.63, 3.8) is 0 Å². The summed E-state index contributed by atoms with van der Waals surface area (Å²) in [5, 5.41) is 20.8. The van der Waals surface area contributed by atoms with Crippen LogP contribution in [0.2, 0.25) is 0 Å². The lowest BCUT2D eigenvalue weighted by molar-refractivity contribution is -0.118. The Morgan fingerprint density at radius 2 is 1.08 bits per heavy atom. The van der Waals surface area contributed by atoms with Gasteiger partial charge < -0.3 is 34.2 Å². The van der Waals surface area contributed by atoms with Crippen LogP contribution in [0.15, 0.2) is 72.8 Å². The van der Waals surface area contributed by atoms with Crippen molar-refractivity contribution < 1.29 is 43.6 Å². The quantitative estimate of drug-likeness (QED) is 0.0518. The van der Waals surface area contributed by atoms with E-state index in [0.29, 0.717) is 35.8 Å². The second kappa shape index (κ2) is 26.8. The van der Waals surface area contributed by atoms with Crippen LogP contribution < -0.4 is 9.80 Å². The molecule has 0 radical (unpaired) electrons. The molecule has 2 saturated heterocycles. The Kier molecular flexibility index (Phi) is 21.4. The molecule has 2 aliphatic heterocycles. The number of hydrogen-bond donors (Lipinski definition) is 2. The highest BCUT2D eigenvalue weighted by Crippen LogP contribution is 2.33. The summed E-state index contributed by atoms with van der Waals surface area (Å²) >= 11 is 2.87. The molecular weight excluding hydrogens is 873 g/mol. The van der Waals surface area contributed by atoms with Crippen LogP contribution in [0.4, 0.5) is 11.4 Å². The Morgan fingerprint density at radius 3 is 1.56 bits per heavy atom. The molecule has 4 atom stereocenters. The minimum Gasteiger partial charge on any atom is -0.459 e. The first-order valence-corrected chi connectivity index (χ1v) is 25.8. The van der Waals surface area contributed by atoms with Gasteiger partial charge in [0.1, 0.15) is 9.75 Å². The molecule has 6 rings (SSSR count). The third-order valence-electron chi connectivity index (χ3n) is 11.9. The molecule has 360 valence electrons. The van der Waals surface area contributed by atoms with Crippen molar-refractivity contribution in [1.29, 1.82) is 0 Å². The van der Waals surface area contributed by atoms with Crippen LogP contribution in [0, 0.1) is 0 Å². The Bertz CT molecular complexity index is 1960. The summed E-state index contributed by atoms with van der Waals surface area (Å²) in [6.45, 7) is 12.5. The van der Waals surface area contributed by atoms with Gasteiger partial charge in [0.2, 0.25) is 11.8 Å². The summed E-state index contributed by atoms with van der Waals surface area (Å²) in [6.07, 6.45) is 12.4. The summed E-state index contributed by atoms with van der Waals surface area (Å²) in [5.41, 5.74) is 3.56. The number of nitrogens with zero attached hydrogens (tertiary/aromatic N) is 2. The zero-order valence-corrected chi connectivity index (χ0v) is 41.5. The molecular formula is C53H72N2O9S2. The topological polar surface area (TPSA) is 143 Å². The molecule has 4 heterocycles. The van der Waals surface area contributed by atoms with Crippen LogP contribution in [-0.2, 0) is 36.8 Å². The highest BCUT2D eigenvalue weighted by atomic mass is 32.1. The van der Waals surface area contributed by atoms with E-state index in [0.717, 1.165) is 111 Å². The zero-order chi connectivity index (χ0) is 47.6. The normalized spacial score (nSPS) is 17.1. The number of aryl methyl sites for hydroxylation is 1. The number of aliphatic hydroxyl groups is 2. The molecule has 2 aromatic carbocycles. The molecule has 0 unspecified atom stereocenters. The van der Waals surface area contributed by atoms with Gasteiger partial charge in [-0.1, -0.05) is 76.6 Å². The van der Waals surface area contributed by atoms with Crippen LogP contribution in [0.3, 0.4) is 0 Å². The molecule has 0 bridgehead atoms. The summed E-state index contributed by atoms with van der Waals surface area (Å²) in [7, 11) is 0. The number of benzene rings is 2. The number of carbonyl (C=O) groups excluding carboxylic acids is 4. The van der Waals surface area contributed by atoms with Crippen molar-refractivity contribution in [2.75, 3.05) is 16.4 Å². The van der Waals surface area contributed by atoms with Crippen LogP contribution >= 0.6 is 22.7 Å². The van der Waals surface area contributed by atoms with Crippen molar-refractivity contribution in [3.8, 4) is 0 Å². The number of hydrogen-bond acceptors (Lipinski definition) is 11. The van der Waals surface area contributed by atoms with E-state index in [1.54, 1.807) is 6.07 Å². The maximum atomic E-state index is 12.6. The van der Waals surface area contributed by atoms with Gasteiger partial charge in [-0.25, -0.2) is 9.59 Å². The Labute approximate surface area is 400 Å². The van der Waals surface area contributed by atoms with E-state index in [9.17, 15) is 29.4 Å². The third-order valence-corrected chi connectivity index (χ3v) is 14.0. The summed E-state index contributed by atoms with van der Waals surface area (Å²) in [5.74, 6) is -0.304. The Morgan fingerprint density at radius 1 is 0.621 bits per heavy atom. The smallest absolute Gasteiger partial charge is 0.348 e. The standard InChI is InChI=1S/C27H37NO4S.C26H35NO5S/c1-4-5-6-10-24(29)20-11-13-22(14-12-20)28-21(15-18-26(28)30)8-7-9-23-16-17-25(33-23)27(31)32-19(2)3;1-4-5-6-7-23(28)19-8-10-20(11-9-19)27-21(12-15-25(27)29)16-31-17-22-13-14-24(33-22)26(30)32-18(2)3/h11-14,16-17,19,21,24,29H,4-10,15,18H2,1-3H3;8-11,13-14,18,21,23,28H,4-7,12,15-17H2,1-3H3/t21-,24-;21-,23+/m01/s1. The van der Waals surface area contributed by atoms with Gasteiger partial charge in [0.05, 0.1) is 43.7 Å². The van der Waals surface area contributed by atoms with Crippen LogP contribution in [0.5, 0.6) is 0 Å². The second-order valence-electron chi connectivity index (χ2n) is 18.0. The molecule has 2 N–H and O–H groups in total. The van der Waals surface area contributed by atoms with E-state index < -0.39 is 12.2 Å². The van der Waals surface area contributed by atoms with Gasteiger partial charge in [-0.3, -0.25) is 9.59 Å². The number of amides is 2. The number of esters is 2. The molecule has 66 heavy (non-hydrogen) atoms. The fourth-order valence-electron chi connectivity index (χ4n) is 8.39. The van der Waals surface area contributed by atoms with Crippen LogP contribution in [0.1, 0.15) is 184 Å². The Hall–Kier alpha value is -4.40. The fraction of sp³-hybridized carbons (Fsp3) is 0.547. The lowest BCUT2D eigenvalue weighted by atomic mass is 10.0. The molecule has 2 fully saturated rings. The van der Waals surface area contributed by atoms with E-state index in [-0.39, 0.29) is 48.0 Å². The predicted octanol–water partition coefficient (Wildman–Crippen LogP) is 12.1. The highest BCUT2D eigenvalue weighted by Gasteiger charge is 2.33. The molecule has 0 aliphatic carbocycles. The first kappa shape index (κ1) is 52.6. The molecule has 2 amide bonds. The minimum atomic E-state index is -0.465. The van der Waals surface area contributed by atoms with Crippen molar-refractivity contribution >= 4 is 57.8 Å². The summed E-state index contributed by atoms with van der Waals surface area (Å²) in [6, 6.07) is 23.2. The number of unbranched alkanes of at least 4 members (excludes halogenated alkanes) is 4. The third kappa shape index (κ3) is 15.9. The van der Waals surface area contributed by atoms with Gasteiger partial charge in [0.25, 0.3) is 0 Å². The lowest BCUT2D eigenvalue weighted by Crippen LogP contribution is -2.36.